The highest BCUT2D eigenvalue weighted by atomic mass is 16.6. The molecule has 0 aliphatic carbocycles. The number of likely N-dealkylation sites (tertiary alicyclic amines) is 1. The molecule has 0 spiro atoms. The first-order valence-electron chi connectivity index (χ1n) is 14.9. The van der Waals surface area contributed by atoms with Crippen molar-refractivity contribution in [2.24, 2.45) is 5.92 Å². The van der Waals surface area contributed by atoms with Gasteiger partial charge in [-0.05, 0) is 80.1 Å². The third-order valence-corrected chi connectivity index (χ3v) is 8.46. The summed E-state index contributed by atoms with van der Waals surface area (Å²) in [5.41, 5.74) is 2.88. The molecule has 6 rings (SSSR count). The van der Waals surface area contributed by atoms with Crippen LogP contribution in [0.4, 0.5) is 4.79 Å². The Bertz CT molecular complexity index is 1380. The van der Waals surface area contributed by atoms with Gasteiger partial charge in [-0.1, -0.05) is 42.5 Å². The highest BCUT2D eigenvalue weighted by Gasteiger charge is 2.34. The Hall–Kier alpha value is -4.22. The number of benzene rings is 3. The van der Waals surface area contributed by atoms with Crippen LogP contribution in [0.1, 0.15) is 36.0 Å². The second-order valence-electron chi connectivity index (χ2n) is 11.4. The van der Waals surface area contributed by atoms with Gasteiger partial charge < -0.3 is 23.8 Å². The van der Waals surface area contributed by atoms with Crippen molar-refractivity contribution in [2.45, 2.75) is 44.4 Å². The van der Waals surface area contributed by atoms with E-state index in [9.17, 15) is 4.79 Å². The van der Waals surface area contributed by atoms with Crippen molar-refractivity contribution in [3.05, 3.63) is 89.5 Å². The Balaban J connectivity index is 0.931. The van der Waals surface area contributed by atoms with Crippen LogP contribution in [0, 0.1) is 17.2 Å². The predicted molar refractivity (Wildman–Crippen MR) is 158 cm³/mol. The molecule has 3 aliphatic rings. The third-order valence-electron chi connectivity index (χ3n) is 8.46. The number of nitriles is 1. The van der Waals surface area contributed by atoms with E-state index in [0.29, 0.717) is 42.8 Å². The second-order valence-corrected chi connectivity index (χ2v) is 11.4. The number of amides is 1. The molecule has 0 bridgehead atoms. The van der Waals surface area contributed by atoms with Gasteiger partial charge in [-0.3, -0.25) is 4.90 Å². The highest BCUT2D eigenvalue weighted by molar-refractivity contribution is 5.70. The quantitative estimate of drug-likeness (QED) is 0.322. The standard InChI is InChI=1S/C34H37N3O5/c35-20-28-8-11-32-33(19-28)42-31(24-40-32)21-36-15-12-25(13-16-36)14-17-37-29(23-41-34(37)38)18-26-6-9-30(10-7-26)39-22-27-4-2-1-3-5-27/h1-11,19,25,29,31H,12-18,21-24H2. The van der Waals surface area contributed by atoms with Crippen molar-refractivity contribution < 1.29 is 23.7 Å². The molecule has 8 heteroatoms. The maximum Gasteiger partial charge on any atom is 0.410 e. The zero-order chi connectivity index (χ0) is 28.7. The van der Waals surface area contributed by atoms with Crippen molar-refractivity contribution in [3.63, 3.8) is 0 Å². The van der Waals surface area contributed by atoms with Gasteiger partial charge in [0.25, 0.3) is 0 Å². The first-order chi connectivity index (χ1) is 20.6. The zero-order valence-electron chi connectivity index (χ0n) is 23.8. The normalized spacial score (nSPS) is 20.6. The molecule has 2 unspecified atom stereocenters. The third kappa shape index (κ3) is 6.97. The molecule has 3 aromatic carbocycles. The van der Waals surface area contributed by atoms with Gasteiger partial charge >= 0.3 is 6.09 Å². The van der Waals surface area contributed by atoms with Crippen LogP contribution < -0.4 is 14.2 Å². The maximum absolute atomic E-state index is 12.6. The molecule has 2 atom stereocenters. The lowest BCUT2D eigenvalue weighted by Crippen LogP contribution is -2.44. The fourth-order valence-corrected chi connectivity index (χ4v) is 6.01. The van der Waals surface area contributed by atoms with Gasteiger partial charge in [0.05, 0.1) is 17.7 Å². The van der Waals surface area contributed by atoms with Gasteiger partial charge in [0.2, 0.25) is 0 Å². The van der Waals surface area contributed by atoms with Gasteiger partial charge in [-0.15, -0.1) is 0 Å². The lowest BCUT2D eigenvalue weighted by molar-refractivity contribution is 0.0465. The molecule has 0 N–H and O–H groups in total. The van der Waals surface area contributed by atoms with Crippen LogP contribution in [0.5, 0.6) is 17.2 Å². The van der Waals surface area contributed by atoms with Crippen molar-refractivity contribution >= 4 is 6.09 Å². The minimum atomic E-state index is -0.200. The number of carbonyl (C=O) groups is 1. The van der Waals surface area contributed by atoms with Crippen molar-refractivity contribution in [1.29, 1.82) is 5.26 Å². The summed E-state index contributed by atoms with van der Waals surface area (Å²) in [7, 11) is 0. The first-order valence-corrected chi connectivity index (χ1v) is 14.9. The van der Waals surface area contributed by atoms with E-state index in [1.807, 2.05) is 35.2 Å². The van der Waals surface area contributed by atoms with Crippen LogP contribution in [0.15, 0.2) is 72.8 Å². The average molecular weight is 568 g/mol. The van der Waals surface area contributed by atoms with Gasteiger partial charge in [0, 0.05) is 19.2 Å². The van der Waals surface area contributed by atoms with Crippen LogP contribution in [-0.4, -0.2) is 67.4 Å². The maximum atomic E-state index is 12.6. The monoisotopic (exact) mass is 567 g/mol. The van der Waals surface area contributed by atoms with Crippen LogP contribution in [-0.2, 0) is 17.8 Å². The molecular formula is C34H37N3O5. The van der Waals surface area contributed by atoms with E-state index < -0.39 is 0 Å². The van der Waals surface area contributed by atoms with Crippen LogP contribution >= 0.6 is 0 Å². The molecule has 3 aromatic rings. The van der Waals surface area contributed by atoms with Crippen LogP contribution in [0.2, 0.25) is 0 Å². The van der Waals surface area contributed by atoms with Gasteiger partial charge in [0.1, 0.15) is 31.7 Å². The summed E-state index contributed by atoms with van der Waals surface area (Å²) in [6.07, 6.45) is 3.70. The number of hydrogen-bond donors (Lipinski definition) is 0. The predicted octanol–water partition coefficient (Wildman–Crippen LogP) is 5.44. The molecule has 0 saturated carbocycles. The van der Waals surface area contributed by atoms with Crippen molar-refractivity contribution in [3.8, 4) is 23.3 Å². The van der Waals surface area contributed by atoms with Gasteiger partial charge in [0.15, 0.2) is 11.5 Å². The Kier molecular flexibility index (Phi) is 8.76. The summed E-state index contributed by atoms with van der Waals surface area (Å²) in [5.74, 6) is 2.77. The molecule has 0 aromatic heterocycles. The van der Waals surface area contributed by atoms with Crippen molar-refractivity contribution in [1.82, 2.24) is 9.80 Å². The summed E-state index contributed by atoms with van der Waals surface area (Å²) >= 11 is 0. The van der Waals surface area contributed by atoms with Crippen molar-refractivity contribution in [2.75, 3.05) is 39.4 Å². The van der Waals surface area contributed by atoms with E-state index in [1.165, 1.54) is 5.56 Å². The number of fused-ring (bicyclic) bond motifs is 1. The first kappa shape index (κ1) is 27.9. The lowest BCUT2D eigenvalue weighted by atomic mass is 9.93. The Morgan fingerprint density at radius 1 is 0.905 bits per heavy atom. The fourth-order valence-electron chi connectivity index (χ4n) is 6.01. The largest absolute Gasteiger partial charge is 0.489 e. The van der Waals surface area contributed by atoms with E-state index in [-0.39, 0.29) is 18.2 Å². The van der Waals surface area contributed by atoms with Crippen LogP contribution in [0.3, 0.4) is 0 Å². The Morgan fingerprint density at radius 2 is 1.71 bits per heavy atom. The van der Waals surface area contributed by atoms with E-state index in [4.69, 9.17) is 24.2 Å². The molecule has 1 amide bonds. The summed E-state index contributed by atoms with van der Waals surface area (Å²) in [5, 5.41) is 9.17. The summed E-state index contributed by atoms with van der Waals surface area (Å²) in [4.78, 5) is 16.9. The topological polar surface area (TPSA) is 84.3 Å². The lowest BCUT2D eigenvalue weighted by Gasteiger charge is -2.36. The number of piperidine rings is 1. The number of ether oxygens (including phenoxy) is 4. The minimum absolute atomic E-state index is 0.0485. The van der Waals surface area contributed by atoms with E-state index in [2.05, 4.69) is 35.2 Å². The zero-order valence-corrected chi connectivity index (χ0v) is 23.8. The Labute approximate surface area is 247 Å². The Morgan fingerprint density at radius 3 is 2.50 bits per heavy atom. The molecule has 8 nitrogen and oxygen atoms in total. The van der Waals surface area contributed by atoms with Gasteiger partial charge in [-0.25, -0.2) is 4.79 Å². The number of carbonyl (C=O) groups excluding carboxylic acids is 1. The molecular weight excluding hydrogens is 530 g/mol. The summed E-state index contributed by atoms with van der Waals surface area (Å²) in [6.45, 7) is 5.03. The number of cyclic esters (lactones) is 1. The molecule has 2 fully saturated rings. The van der Waals surface area contributed by atoms with Crippen LogP contribution in [0.25, 0.3) is 0 Å². The molecule has 0 radical (unpaired) electrons. The smallest absolute Gasteiger partial charge is 0.410 e. The number of nitrogens with zero attached hydrogens (tertiary/aromatic N) is 3. The molecule has 3 heterocycles. The van der Waals surface area contributed by atoms with E-state index in [1.54, 1.807) is 18.2 Å². The SMILES string of the molecule is N#Cc1ccc2c(c1)OC(CN1CCC(CCN3C(=O)OCC3Cc3ccc(OCc4ccccc4)cc3)CC1)CO2. The molecule has 218 valence electrons. The second kappa shape index (κ2) is 13.2. The number of hydrogen-bond acceptors (Lipinski definition) is 7. The molecule has 3 aliphatic heterocycles. The number of rotatable bonds is 10. The van der Waals surface area contributed by atoms with E-state index >= 15 is 0 Å². The fraction of sp³-hybridized carbons (Fsp3) is 0.412. The highest BCUT2D eigenvalue weighted by Crippen LogP contribution is 2.33. The summed E-state index contributed by atoms with van der Waals surface area (Å²) < 4.78 is 23.4. The molecule has 42 heavy (non-hydrogen) atoms. The molecule has 2 saturated heterocycles. The van der Waals surface area contributed by atoms with Gasteiger partial charge in [-0.2, -0.15) is 5.26 Å². The summed E-state index contributed by atoms with van der Waals surface area (Å²) in [6, 6.07) is 25.8. The average Bonchev–Trinajstić information content (AvgIpc) is 3.38. The minimum Gasteiger partial charge on any atom is -0.489 e. The van der Waals surface area contributed by atoms with E-state index in [0.717, 1.165) is 63.2 Å².